The third-order valence-electron chi connectivity index (χ3n) is 4.37. The first-order chi connectivity index (χ1) is 11.5. The summed E-state index contributed by atoms with van der Waals surface area (Å²) in [4.78, 5) is 20.5. The predicted octanol–water partition coefficient (Wildman–Crippen LogP) is 3.02. The fourth-order valence-electron chi connectivity index (χ4n) is 2.92. The number of carbonyl (C=O) groups excluding carboxylic acids is 1. The number of fused-ring (bicyclic) bond motifs is 1. The molecule has 1 aliphatic rings. The molecule has 3 rings (SSSR count). The van der Waals surface area contributed by atoms with Gasteiger partial charge in [0.15, 0.2) is 0 Å². The SMILES string of the molecule is CCc1cc(C(=O)OC)ccc1N(C)c1cc2c(cn1)NCN2C. The average molecular weight is 326 g/mol. The van der Waals surface area contributed by atoms with Crippen molar-refractivity contribution in [3.05, 3.63) is 41.6 Å². The third kappa shape index (κ3) is 2.75. The number of methoxy groups -OCH3 is 1. The van der Waals surface area contributed by atoms with Crippen molar-refractivity contribution in [3.8, 4) is 0 Å². The van der Waals surface area contributed by atoms with E-state index in [0.29, 0.717) is 5.56 Å². The van der Waals surface area contributed by atoms with Gasteiger partial charge in [0.1, 0.15) is 5.82 Å². The Labute approximate surface area is 142 Å². The number of aromatic nitrogens is 1. The van der Waals surface area contributed by atoms with Crippen molar-refractivity contribution in [2.75, 3.05) is 43.0 Å². The van der Waals surface area contributed by atoms with Gasteiger partial charge in [-0.15, -0.1) is 0 Å². The van der Waals surface area contributed by atoms with E-state index in [1.807, 2.05) is 37.3 Å². The van der Waals surface area contributed by atoms with Crippen molar-refractivity contribution in [1.29, 1.82) is 0 Å². The zero-order valence-electron chi connectivity index (χ0n) is 14.5. The molecule has 0 saturated carbocycles. The van der Waals surface area contributed by atoms with Crippen LogP contribution >= 0.6 is 0 Å². The molecule has 1 aliphatic heterocycles. The number of esters is 1. The minimum atomic E-state index is -0.317. The first-order valence-corrected chi connectivity index (χ1v) is 7.95. The minimum Gasteiger partial charge on any atom is -0.465 e. The van der Waals surface area contributed by atoms with Gasteiger partial charge in [-0.2, -0.15) is 0 Å². The summed E-state index contributed by atoms with van der Waals surface area (Å²) < 4.78 is 4.81. The van der Waals surface area contributed by atoms with Gasteiger partial charge in [0, 0.05) is 25.8 Å². The standard InChI is InChI=1S/C18H22N4O2/c1-5-12-8-13(18(23)24-4)6-7-15(12)22(3)17-9-16-14(10-19-17)20-11-21(16)2/h6-10,20H,5,11H2,1-4H3. The molecule has 0 bridgehead atoms. The first-order valence-electron chi connectivity index (χ1n) is 7.95. The van der Waals surface area contributed by atoms with Crippen molar-refractivity contribution < 1.29 is 9.53 Å². The summed E-state index contributed by atoms with van der Waals surface area (Å²) in [7, 11) is 5.43. The number of ether oxygens (including phenoxy) is 1. The van der Waals surface area contributed by atoms with Crippen LogP contribution in [0.3, 0.4) is 0 Å². The van der Waals surface area contributed by atoms with E-state index >= 15 is 0 Å². The van der Waals surface area contributed by atoms with Gasteiger partial charge in [-0.05, 0) is 30.2 Å². The molecule has 0 unspecified atom stereocenters. The second-order valence-corrected chi connectivity index (χ2v) is 5.84. The van der Waals surface area contributed by atoms with Crippen LogP contribution in [-0.2, 0) is 11.2 Å². The number of pyridine rings is 1. The van der Waals surface area contributed by atoms with Gasteiger partial charge in [0.05, 0.1) is 36.9 Å². The molecule has 0 saturated heterocycles. The van der Waals surface area contributed by atoms with Gasteiger partial charge in [0.2, 0.25) is 0 Å². The van der Waals surface area contributed by atoms with Gasteiger partial charge in [-0.3, -0.25) is 0 Å². The van der Waals surface area contributed by atoms with Gasteiger partial charge in [-0.25, -0.2) is 9.78 Å². The van der Waals surface area contributed by atoms with Gasteiger partial charge in [-0.1, -0.05) is 6.92 Å². The van der Waals surface area contributed by atoms with Crippen LogP contribution in [0.4, 0.5) is 22.9 Å². The Morgan fingerprint density at radius 3 is 2.92 bits per heavy atom. The van der Waals surface area contributed by atoms with Crippen molar-refractivity contribution in [1.82, 2.24) is 4.98 Å². The number of benzene rings is 1. The molecular weight excluding hydrogens is 304 g/mol. The summed E-state index contributed by atoms with van der Waals surface area (Å²) in [5.74, 6) is 0.548. The quantitative estimate of drug-likeness (QED) is 0.872. The number of hydrogen-bond donors (Lipinski definition) is 1. The Morgan fingerprint density at radius 2 is 2.21 bits per heavy atom. The Balaban J connectivity index is 1.96. The molecule has 0 amide bonds. The molecule has 0 fully saturated rings. The maximum atomic E-state index is 11.7. The van der Waals surface area contributed by atoms with Gasteiger partial charge < -0.3 is 19.9 Å². The first kappa shape index (κ1) is 16.1. The average Bonchev–Trinajstić information content (AvgIpc) is 3.00. The van der Waals surface area contributed by atoms with Crippen LogP contribution in [0.25, 0.3) is 0 Å². The van der Waals surface area contributed by atoms with Crippen LogP contribution in [0.15, 0.2) is 30.5 Å². The highest BCUT2D eigenvalue weighted by molar-refractivity contribution is 5.90. The van der Waals surface area contributed by atoms with Gasteiger partial charge >= 0.3 is 5.97 Å². The molecule has 1 aromatic heterocycles. The third-order valence-corrected chi connectivity index (χ3v) is 4.37. The molecule has 1 aromatic carbocycles. The smallest absolute Gasteiger partial charge is 0.337 e. The fourth-order valence-corrected chi connectivity index (χ4v) is 2.92. The van der Waals surface area contributed by atoms with Crippen LogP contribution in [-0.4, -0.2) is 38.8 Å². The predicted molar refractivity (Wildman–Crippen MR) is 96.4 cm³/mol. The molecule has 0 aliphatic carbocycles. The molecule has 126 valence electrons. The van der Waals surface area contributed by atoms with E-state index in [-0.39, 0.29) is 5.97 Å². The summed E-state index contributed by atoms with van der Waals surface area (Å²) in [5, 5.41) is 3.30. The van der Waals surface area contributed by atoms with E-state index in [2.05, 4.69) is 28.2 Å². The molecule has 6 nitrogen and oxygen atoms in total. The van der Waals surface area contributed by atoms with Crippen LogP contribution in [0.2, 0.25) is 0 Å². The molecule has 0 radical (unpaired) electrons. The van der Waals surface area contributed by atoms with E-state index < -0.39 is 0 Å². The van der Waals surface area contributed by atoms with Crippen molar-refractivity contribution in [3.63, 3.8) is 0 Å². The summed E-state index contributed by atoms with van der Waals surface area (Å²) >= 11 is 0. The zero-order valence-corrected chi connectivity index (χ0v) is 14.5. The van der Waals surface area contributed by atoms with Crippen LogP contribution in [0.5, 0.6) is 0 Å². The highest BCUT2D eigenvalue weighted by Crippen LogP contribution is 2.35. The molecule has 2 heterocycles. The molecule has 24 heavy (non-hydrogen) atoms. The monoisotopic (exact) mass is 326 g/mol. The summed E-state index contributed by atoms with van der Waals surface area (Å²) in [6, 6.07) is 7.70. The zero-order chi connectivity index (χ0) is 17.3. The molecule has 1 N–H and O–H groups in total. The number of carbonyl (C=O) groups is 1. The maximum absolute atomic E-state index is 11.7. The number of rotatable bonds is 4. The topological polar surface area (TPSA) is 57.7 Å². The molecule has 6 heteroatoms. The molecular formula is C18H22N4O2. The number of anilines is 4. The lowest BCUT2D eigenvalue weighted by Crippen LogP contribution is -2.17. The second kappa shape index (κ2) is 6.39. The highest BCUT2D eigenvalue weighted by Gasteiger charge is 2.19. The van der Waals surface area contributed by atoms with Crippen LogP contribution in [0, 0.1) is 0 Å². The summed E-state index contributed by atoms with van der Waals surface area (Å²) in [5.41, 5.74) is 4.86. The van der Waals surface area contributed by atoms with E-state index in [0.717, 1.165) is 41.5 Å². The van der Waals surface area contributed by atoms with Crippen LogP contribution < -0.4 is 15.1 Å². The number of nitrogens with one attached hydrogen (secondary N) is 1. The number of nitrogens with zero attached hydrogens (tertiary/aromatic N) is 3. The fraction of sp³-hybridized carbons (Fsp3) is 0.333. The van der Waals surface area contributed by atoms with E-state index in [9.17, 15) is 4.79 Å². The number of hydrogen-bond acceptors (Lipinski definition) is 6. The Hall–Kier alpha value is -2.76. The van der Waals surface area contributed by atoms with E-state index in [1.54, 1.807) is 6.07 Å². The molecule has 0 atom stereocenters. The summed E-state index contributed by atoms with van der Waals surface area (Å²) in [6.45, 7) is 2.86. The molecule has 0 spiro atoms. The van der Waals surface area contributed by atoms with Crippen LogP contribution in [0.1, 0.15) is 22.8 Å². The van der Waals surface area contributed by atoms with E-state index in [4.69, 9.17) is 4.74 Å². The van der Waals surface area contributed by atoms with Crippen molar-refractivity contribution >= 4 is 28.8 Å². The van der Waals surface area contributed by atoms with Crippen molar-refractivity contribution in [2.24, 2.45) is 0 Å². The normalized spacial score (nSPS) is 12.6. The molecule has 2 aromatic rings. The summed E-state index contributed by atoms with van der Waals surface area (Å²) in [6.07, 6.45) is 2.68. The maximum Gasteiger partial charge on any atom is 0.337 e. The lowest BCUT2D eigenvalue weighted by atomic mass is 10.1. The largest absolute Gasteiger partial charge is 0.465 e. The Bertz CT molecular complexity index is 776. The Kier molecular flexibility index (Phi) is 4.29. The lowest BCUT2D eigenvalue weighted by Gasteiger charge is -2.23. The van der Waals surface area contributed by atoms with Crippen molar-refractivity contribution in [2.45, 2.75) is 13.3 Å². The second-order valence-electron chi connectivity index (χ2n) is 5.84. The number of aryl methyl sites for hydroxylation is 1. The van der Waals surface area contributed by atoms with Gasteiger partial charge in [0.25, 0.3) is 0 Å². The van der Waals surface area contributed by atoms with E-state index in [1.165, 1.54) is 7.11 Å². The minimum absolute atomic E-state index is 0.317. The Morgan fingerprint density at radius 1 is 1.42 bits per heavy atom. The highest BCUT2D eigenvalue weighted by atomic mass is 16.5. The lowest BCUT2D eigenvalue weighted by molar-refractivity contribution is 0.0600.